The smallest absolute Gasteiger partial charge is 0.347 e. The number of halogens is 2. The second-order valence-electron chi connectivity index (χ2n) is 6.72. The van der Waals surface area contributed by atoms with Crippen molar-refractivity contribution in [2.45, 2.75) is 30.7 Å². The fraction of sp³-hybridized carbons (Fsp3) is 0.316. The third-order valence-corrected chi connectivity index (χ3v) is 5.11. The van der Waals surface area contributed by atoms with Crippen LogP contribution in [0.3, 0.4) is 0 Å². The van der Waals surface area contributed by atoms with Crippen LogP contribution in [0.1, 0.15) is 10.4 Å². The third kappa shape index (κ3) is 5.10. The molecule has 1 fully saturated rings. The van der Waals surface area contributed by atoms with Crippen LogP contribution in [0.5, 0.6) is 11.5 Å². The molecule has 0 aromatic heterocycles. The number of hydrogen-bond donors (Lipinski definition) is 4. The van der Waals surface area contributed by atoms with Crippen molar-refractivity contribution in [2.24, 2.45) is 0 Å². The molecule has 0 saturated carbocycles. The molecule has 4 N–H and O–H groups in total. The summed E-state index contributed by atoms with van der Waals surface area (Å²) in [5.41, 5.74) is -1.18. The molecule has 2 aromatic rings. The number of nitrogens with zero attached hydrogens (tertiary/aromatic N) is 1. The van der Waals surface area contributed by atoms with Crippen molar-refractivity contribution >= 4 is 34.9 Å². The predicted octanol–water partition coefficient (Wildman–Crippen LogP) is 1.65. The van der Waals surface area contributed by atoms with Crippen molar-refractivity contribution in [3.63, 3.8) is 0 Å². The molecule has 13 heteroatoms. The van der Waals surface area contributed by atoms with E-state index in [2.05, 4.69) is 0 Å². The Kier molecular flexibility index (Phi) is 7.51. The first-order valence-electron chi connectivity index (χ1n) is 9.05. The lowest BCUT2D eigenvalue weighted by Gasteiger charge is -2.39. The Morgan fingerprint density at radius 3 is 2.44 bits per heavy atom. The van der Waals surface area contributed by atoms with Crippen LogP contribution in [0.2, 0.25) is 10.0 Å². The fourth-order valence-corrected chi connectivity index (χ4v) is 3.37. The lowest BCUT2D eigenvalue weighted by atomic mass is 9.99. The fourth-order valence-electron chi connectivity index (χ4n) is 2.92. The second kappa shape index (κ2) is 9.96. The van der Waals surface area contributed by atoms with Gasteiger partial charge < -0.3 is 34.6 Å². The van der Waals surface area contributed by atoms with Crippen LogP contribution in [0.25, 0.3) is 0 Å². The van der Waals surface area contributed by atoms with Crippen molar-refractivity contribution in [2.75, 3.05) is 6.61 Å². The van der Waals surface area contributed by atoms with Crippen molar-refractivity contribution < 1.29 is 44.4 Å². The zero-order chi connectivity index (χ0) is 23.6. The average Bonchev–Trinajstić information content (AvgIpc) is 2.75. The minimum absolute atomic E-state index is 0.000533. The van der Waals surface area contributed by atoms with Gasteiger partial charge in [-0.3, -0.25) is 10.1 Å². The highest BCUT2D eigenvalue weighted by molar-refractivity contribution is 6.35. The lowest BCUT2D eigenvalue weighted by molar-refractivity contribution is -0.385. The van der Waals surface area contributed by atoms with E-state index in [0.717, 1.165) is 12.1 Å². The largest absolute Gasteiger partial charge is 0.456 e. The van der Waals surface area contributed by atoms with Crippen LogP contribution in [0.4, 0.5) is 5.69 Å². The van der Waals surface area contributed by atoms with Gasteiger partial charge >= 0.3 is 5.97 Å². The van der Waals surface area contributed by atoms with Crippen LogP contribution in [-0.2, 0) is 9.47 Å². The molecule has 0 bridgehead atoms. The summed E-state index contributed by atoms with van der Waals surface area (Å²) < 4.78 is 15.6. The highest BCUT2D eigenvalue weighted by Crippen LogP contribution is 2.34. The van der Waals surface area contributed by atoms with Gasteiger partial charge in [-0.05, 0) is 24.3 Å². The number of nitro benzene ring substituents is 1. The van der Waals surface area contributed by atoms with E-state index < -0.39 is 59.5 Å². The number of nitro groups is 1. The number of esters is 1. The first-order chi connectivity index (χ1) is 15.1. The number of aliphatic hydroxyl groups is 4. The Balaban J connectivity index is 1.87. The highest BCUT2D eigenvalue weighted by atomic mass is 35.5. The quantitative estimate of drug-likeness (QED) is 0.265. The summed E-state index contributed by atoms with van der Waals surface area (Å²) >= 11 is 11.9. The van der Waals surface area contributed by atoms with Crippen molar-refractivity contribution in [3.8, 4) is 11.5 Å². The summed E-state index contributed by atoms with van der Waals surface area (Å²) in [4.78, 5) is 23.2. The Morgan fingerprint density at radius 2 is 1.81 bits per heavy atom. The average molecular weight is 490 g/mol. The van der Waals surface area contributed by atoms with Gasteiger partial charge in [0.15, 0.2) is 0 Å². The van der Waals surface area contributed by atoms with Gasteiger partial charge in [0.25, 0.3) is 5.69 Å². The molecule has 32 heavy (non-hydrogen) atoms. The summed E-state index contributed by atoms with van der Waals surface area (Å²) in [5.74, 6) is -1.12. The van der Waals surface area contributed by atoms with Crippen molar-refractivity contribution in [3.05, 3.63) is 62.1 Å². The first kappa shape index (κ1) is 24.1. The number of carbonyl (C=O) groups is 1. The molecule has 0 amide bonds. The monoisotopic (exact) mass is 489 g/mol. The van der Waals surface area contributed by atoms with Gasteiger partial charge in [0.05, 0.1) is 16.6 Å². The maximum absolute atomic E-state index is 12.7. The predicted molar refractivity (Wildman–Crippen MR) is 109 cm³/mol. The van der Waals surface area contributed by atoms with E-state index in [-0.39, 0.29) is 16.5 Å². The van der Waals surface area contributed by atoms with E-state index in [1.165, 1.54) is 24.3 Å². The number of benzene rings is 2. The van der Waals surface area contributed by atoms with Gasteiger partial charge in [-0.2, -0.15) is 0 Å². The maximum Gasteiger partial charge on any atom is 0.347 e. The van der Waals surface area contributed by atoms with E-state index in [4.69, 9.17) is 37.4 Å². The number of rotatable bonds is 6. The highest BCUT2D eigenvalue weighted by Gasteiger charge is 2.45. The van der Waals surface area contributed by atoms with Crippen molar-refractivity contribution in [1.29, 1.82) is 0 Å². The van der Waals surface area contributed by atoms with E-state index in [1.807, 2.05) is 0 Å². The molecule has 0 spiro atoms. The number of aliphatic hydroxyl groups excluding tert-OH is 4. The maximum atomic E-state index is 12.7. The summed E-state index contributed by atoms with van der Waals surface area (Å²) in [5, 5.41) is 50.7. The van der Waals surface area contributed by atoms with Gasteiger partial charge in [0.1, 0.15) is 41.5 Å². The molecule has 1 saturated heterocycles. The zero-order valence-corrected chi connectivity index (χ0v) is 17.5. The second-order valence-corrected chi connectivity index (χ2v) is 7.56. The normalized spacial score (nSPS) is 25.2. The minimum atomic E-state index is -1.87. The standard InChI is InChI=1S/C19H17Cl2NO10/c20-8-1-4-13(11(21)5-8)30-9-2-3-12(22(28)29)10(6-9)18(27)32-19-17(26)16(25)15(24)14(7-23)31-19/h1-6,14-17,19,23-26H,7H2/t14-,15+,16+,17-,19+/m1/s1. The van der Waals surface area contributed by atoms with E-state index in [1.54, 1.807) is 0 Å². The number of carbonyl (C=O) groups excluding carboxylic acids is 1. The molecule has 0 radical (unpaired) electrons. The molecule has 11 nitrogen and oxygen atoms in total. The molecule has 2 aromatic carbocycles. The molecule has 1 aliphatic rings. The zero-order valence-electron chi connectivity index (χ0n) is 16.0. The lowest BCUT2D eigenvalue weighted by Crippen LogP contribution is -2.59. The summed E-state index contributed by atoms with van der Waals surface area (Å²) in [7, 11) is 0. The van der Waals surface area contributed by atoms with Crippen LogP contribution in [-0.4, -0.2) is 68.6 Å². The Morgan fingerprint density at radius 1 is 1.09 bits per heavy atom. The molecule has 1 heterocycles. The first-order valence-corrected chi connectivity index (χ1v) is 9.80. The van der Waals surface area contributed by atoms with Gasteiger partial charge in [0, 0.05) is 17.2 Å². The molecule has 5 atom stereocenters. The van der Waals surface area contributed by atoms with E-state index in [9.17, 15) is 35.3 Å². The SMILES string of the molecule is O=C(O[C@@H]1O[C@H](CO)[C@H](O)[C@H](O)[C@H]1O)c1cc(Oc2ccc(Cl)cc2Cl)ccc1[N+](=O)[O-]. The Labute approximate surface area is 190 Å². The van der Waals surface area contributed by atoms with Crippen LogP contribution in [0.15, 0.2) is 36.4 Å². The number of hydrogen-bond acceptors (Lipinski definition) is 10. The Bertz CT molecular complexity index is 1020. The minimum Gasteiger partial charge on any atom is -0.456 e. The van der Waals surface area contributed by atoms with Crippen LogP contribution >= 0.6 is 23.2 Å². The van der Waals surface area contributed by atoms with Gasteiger partial charge in [-0.1, -0.05) is 23.2 Å². The van der Waals surface area contributed by atoms with Crippen LogP contribution < -0.4 is 4.74 Å². The Hall–Kier alpha value is -2.51. The molecular weight excluding hydrogens is 473 g/mol. The molecule has 3 rings (SSSR count). The molecule has 0 aliphatic carbocycles. The molecular formula is C19H17Cl2NO10. The van der Waals surface area contributed by atoms with Crippen molar-refractivity contribution in [1.82, 2.24) is 0 Å². The van der Waals surface area contributed by atoms with Gasteiger partial charge in [-0.25, -0.2) is 4.79 Å². The topological polar surface area (TPSA) is 169 Å². The summed E-state index contributed by atoms with van der Waals surface area (Å²) in [6.45, 7) is -0.746. The summed E-state index contributed by atoms with van der Waals surface area (Å²) in [6, 6.07) is 7.63. The van der Waals surface area contributed by atoms with E-state index >= 15 is 0 Å². The summed E-state index contributed by atoms with van der Waals surface area (Å²) in [6.07, 6.45) is -8.48. The molecule has 0 unspecified atom stereocenters. The molecule has 172 valence electrons. The van der Waals surface area contributed by atoms with Gasteiger partial charge in [0.2, 0.25) is 6.29 Å². The third-order valence-electron chi connectivity index (χ3n) is 4.58. The van der Waals surface area contributed by atoms with E-state index in [0.29, 0.717) is 5.02 Å². The van der Waals surface area contributed by atoms with Crippen LogP contribution in [0, 0.1) is 10.1 Å². The molecule has 1 aliphatic heterocycles. The van der Waals surface area contributed by atoms with Gasteiger partial charge in [-0.15, -0.1) is 0 Å². The number of ether oxygens (including phenoxy) is 3.